The second-order valence-electron chi connectivity index (χ2n) is 5.44. The molecule has 0 saturated heterocycles. The van der Waals surface area contributed by atoms with Gasteiger partial charge in [-0.05, 0) is 29.8 Å². The Kier molecular flexibility index (Phi) is 4.40. The number of nitrogens with one attached hydrogen (secondary N) is 1. The Morgan fingerprint density at radius 3 is 2.85 bits per heavy atom. The molecule has 0 atom stereocenters. The largest absolute Gasteiger partial charge is 0.497 e. The summed E-state index contributed by atoms with van der Waals surface area (Å²) < 4.78 is 10.5. The van der Waals surface area contributed by atoms with Crippen LogP contribution >= 0.6 is 11.8 Å². The molecular weight excluding hydrogens is 352 g/mol. The van der Waals surface area contributed by atoms with Crippen LogP contribution in [0.1, 0.15) is 5.56 Å². The van der Waals surface area contributed by atoms with Crippen molar-refractivity contribution in [1.29, 1.82) is 0 Å². The van der Waals surface area contributed by atoms with Crippen LogP contribution in [0.2, 0.25) is 0 Å². The number of rotatable bonds is 5. The van der Waals surface area contributed by atoms with Crippen molar-refractivity contribution in [2.75, 3.05) is 7.11 Å². The maximum Gasteiger partial charge on any atom is 0.336 e. The Bertz CT molecular complexity index is 1110. The van der Waals surface area contributed by atoms with Crippen LogP contribution in [0.3, 0.4) is 0 Å². The summed E-state index contributed by atoms with van der Waals surface area (Å²) in [6, 6.07) is 10.6. The van der Waals surface area contributed by atoms with E-state index in [-0.39, 0.29) is 0 Å². The number of pyridine rings is 1. The summed E-state index contributed by atoms with van der Waals surface area (Å²) in [6.45, 7) is 0. The topological polar surface area (TPSA) is 93.9 Å². The lowest BCUT2D eigenvalue weighted by Crippen LogP contribution is -2.00. The molecule has 4 aromatic rings. The molecular formula is C18H14N4O3S. The monoisotopic (exact) mass is 366 g/mol. The number of ether oxygens (including phenoxy) is 1. The minimum absolute atomic E-state index is 0.395. The molecule has 0 aliphatic rings. The molecule has 0 bridgehead atoms. The Labute approximate surface area is 152 Å². The summed E-state index contributed by atoms with van der Waals surface area (Å²) in [6.07, 6.45) is 3.41. The van der Waals surface area contributed by atoms with Crippen LogP contribution in [0.25, 0.3) is 22.4 Å². The molecule has 26 heavy (non-hydrogen) atoms. The minimum atomic E-state index is -0.395. The van der Waals surface area contributed by atoms with Crippen molar-refractivity contribution in [3.8, 4) is 17.1 Å². The predicted octanol–water partition coefficient (Wildman–Crippen LogP) is 3.27. The summed E-state index contributed by atoms with van der Waals surface area (Å²) in [4.78, 5) is 20.3. The number of hydrogen-bond acceptors (Lipinski definition) is 7. The molecule has 130 valence electrons. The smallest absolute Gasteiger partial charge is 0.336 e. The first kappa shape index (κ1) is 16.3. The maximum atomic E-state index is 11.8. The Morgan fingerprint density at radius 1 is 1.19 bits per heavy atom. The molecule has 1 N–H and O–H groups in total. The van der Waals surface area contributed by atoms with E-state index < -0.39 is 5.63 Å². The van der Waals surface area contributed by atoms with Crippen LogP contribution in [-0.2, 0) is 5.75 Å². The van der Waals surface area contributed by atoms with Gasteiger partial charge >= 0.3 is 5.63 Å². The highest BCUT2D eigenvalue weighted by molar-refractivity contribution is 7.98. The second-order valence-corrected chi connectivity index (χ2v) is 6.39. The zero-order chi connectivity index (χ0) is 17.9. The lowest BCUT2D eigenvalue weighted by molar-refractivity contribution is 0.414. The maximum absolute atomic E-state index is 11.8. The highest BCUT2D eigenvalue weighted by atomic mass is 32.2. The third-order valence-corrected chi connectivity index (χ3v) is 4.71. The highest BCUT2D eigenvalue weighted by Crippen LogP contribution is 2.27. The number of benzene rings is 1. The van der Waals surface area contributed by atoms with Crippen molar-refractivity contribution < 1.29 is 9.15 Å². The first-order chi connectivity index (χ1) is 12.7. The van der Waals surface area contributed by atoms with Gasteiger partial charge in [0.1, 0.15) is 11.3 Å². The highest BCUT2D eigenvalue weighted by Gasteiger charge is 2.10. The molecule has 1 aromatic carbocycles. The summed E-state index contributed by atoms with van der Waals surface area (Å²) in [5.41, 5.74) is 1.88. The average molecular weight is 366 g/mol. The van der Waals surface area contributed by atoms with Crippen molar-refractivity contribution in [3.63, 3.8) is 0 Å². The van der Waals surface area contributed by atoms with E-state index in [0.717, 1.165) is 16.5 Å². The summed E-state index contributed by atoms with van der Waals surface area (Å²) in [5, 5.41) is 8.60. The number of methoxy groups -OCH3 is 1. The normalized spacial score (nSPS) is 11.0. The van der Waals surface area contributed by atoms with Crippen LogP contribution in [0.5, 0.6) is 5.75 Å². The van der Waals surface area contributed by atoms with Crippen molar-refractivity contribution in [3.05, 3.63) is 64.8 Å². The van der Waals surface area contributed by atoms with Gasteiger partial charge in [-0.25, -0.2) is 9.78 Å². The van der Waals surface area contributed by atoms with E-state index in [1.54, 1.807) is 25.6 Å². The third kappa shape index (κ3) is 3.31. The van der Waals surface area contributed by atoms with E-state index >= 15 is 0 Å². The molecule has 0 radical (unpaired) electrons. The van der Waals surface area contributed by atoms with Gasteiger partial charge in [-0.1, -0.05) is 11.8 Å². The average Bonchev–Trinajstić information content (AvgIpc) is 3.15. The quantitative estimate of drug-likeness (QED) is 0.428. The van der Waals surface area contributed by atoms with E-state index in [1.807, 2.05) is 24.3 Å². The molecule has 3 heterocycles. The number of thioether (sulfide) groups is 1. The van der Waals surface area contributed by atoms with Crippen LogP contribution in [0, 0.1) is 0 Å². The van der Waals surface area contributed by atoms with E-state index in [0.29, 0.717) is 28.1 Å². The van der Waals surface area contributed by atoms with Crippen LogP contribution in [0.4, 0.5) is 0 Å². The number of nitrogens with zero attached hydrogens (tertiary/aromatic N) is 3. The van der Waals surface area contributed by atoms with Gasteiger partial charge in [0.25, 0.3) is 0 Å². The fraction of sp³-hybridized carbons (Fsp3) is 0.111. The molecule has 8 heteroatoms. The van der Waals surface area contributed by atoms with Gasteiger partial charge in [-0.15, -0.1) is 5.10 Å². The van der Waals surface area contributed by atoms with Gasteiger partial charge in [-0.3, -0.25) is 10.1 Å². The molecule has 0 unspecified atom stereocenters. The second kappa shape index (κ2) is 7.01. The molecule has 0 spiro atoms. The number of aromatic amines is 1. The van der Waals surface area contributed by atoms with Gasteiger partial charge in [0, 0.05) is 41.2 Å². The van der Waals surface area contributed by atoms with Gasteiger partial charge in [-0.2, -0.15) is 0 Å². The van der Waals surface area contributed by atoms with E-state index in [2.05, 4.69) is 20.2 Å². The number of H-pyrrole nitrogens is 1. The molecule has 4 rings (SSSR count). The first-order valence-corrected chi connectivity index (χ1v) is 8.78. The molecule has 0 saturated carbocycles. The van der Waals surface area contributed by atoms with Crippen LogP contribution in [0.15, 0.2) is 63.2 Å². The standard InChI is InChI=1S/C18H14N4O3S/c1-24-13-2-3-14-12(8-16(23)25-15(14)9-13)10-26-18-20-17(21-22-18)11-4-6-19-7-5-11/h2-9H,10H2,1H3,(H,20,21,22). The Hall–Kier alpha value is -3.13. The summed E-state index contributed by atoms with van der Waals surface area (Å²) in [5.74, 6) is 1.86. The van der Waals surface area contributed by atoms with Crippen molar-refractivity contribution in [1.82, 2.24) is 20.2 Å². The Morgan fingerprint density at radius 2 is 2.04 bits per heavy atom. The van der Waals surface area contributed by atoms with Gasteiger partial charge in [0.15, 0.2) is 5.82 Å². The summed E-state index contributed by atoms with van der Waals surface area (Å²) in [7, 11) is 1.57. The zero-order valence-corrected chi connectivity index (χ0v) is 14.6. The zero-order valence-electron chi connectivity index (χ0n) is 13.8. The number of fused-ring (bicyclic) bond motifs is 1. The fourth-order valence-corrected chi connectivity index (χ4v) is 3.34. The van der Waals surface area contributed by atoms with E-state index in [9.17, 15) is 4.79 Å². The SMILES string of the molecule is COc1ccc2c(CSc3n[nH]c(-c4ccncc4)n3)cc(=O)oc2c1. The molecule has 3 aromatic heterocycles. The van der Waals surface area contributed by atoms with E-state index in [4.69, 9.17) is 9.15 Å². The van der Waals surface area contributed by atoms with Gasteiger partial charge in [0.05, 0.1) is 7.11 Å². The van der Waals surface area contributed by atoms with Gasteiger partial charge < -0.3 is 9.15 Å². The first-order valence-electron chi connectivity index (χ1n) is 7.79. The van der Waals surface area contributed by atoms with Crippen LogP contribution in [-0.4, -0.2) is 27.3 Å². The fourth-order valence-electron chi connectivity index (χ4n) is 2.55. The van der Waals surface area contributed by atoms with Crippen molar-refractivity contribution in [2.45, 2.75) is 10.9 Å². The summed E-state index contributed by atoms with van der Waals surface area (Å²) >= 11 is 1.44. The van der Waals surface area contributed by atoms with Crippen LogP contribution < -0.4 is 10.4 Å². The molecule has 0 fully saturated rings. The number of aromatic nitrogens is 4. The lowest BCUT2D eigenvalue weighted by Gasteiger charge is -2.05. The third-order valence-electron chi connectivity index (χ3n) is 3.81. The molecule has 0 aliphatic heterocycles. The molecule has 7 nitrogen and oxygen atoms in total. The molecule has 0 aliphatic carbocycles. The number of hydrogen-bond donors (Lipinski definition) is 1. The lowest BCUT2D eigenvalue weighted by atomic mass is 10.1. The van der Waals surface area contributed by atoms with Crippen molar-refractivity contribution >= 4 is 22.7 Å². The van der Waals surface area contributed by atoms with Gasteiger partial charge in [0.2, 0.25) is 5.16 Å². The van der Waals surface area contributed by atoms with Crippen molar-refractivity contribution in [2.24, 2.45) is 0 Å². The minimum Gasteiger partial charge on any atom is -0.497 e. The Balaban J connectivity index is 1.58. The molecule has 0 amide bonds. The predicted molar refractivity (Wildman–Crippen MR) is 98.2 cm³/mol. The van der Waals surface area contributed by atoms with E-state index in [1.165, 1.54) is 17.8 Å².